The minimum Gasteiger partial charge on any atom is -0.384 e. The van der Waals surface area contributed by atoms with Crippen LogP contribution in [0.2, 0.25) is 0 Å². The number of ether oxygens (including phenoxy) is 1. The van der Waals surface area contributed by atoms with Gasteiger partial charge < -0.3 is 4.74 Å². The maximum Gasteiger partial charge on any atom is 0.0493 e. The van der Waals surface area contributed by atoms with Gasteiger partial charge in [0.25, 0.3) is 0 Å². The molecule has 1 nitrogen and oxygen atoms in total. The van der Waals surface area contributed by atoms with Crippen LogP contribution in [0.5, 0.6) is 0 Å². The van der Waals surface area contributed by atoms with Crippen LogP contribution in [-0.2, 0) is 4.74 Å². The minimum atomic E-state index is 0.893. The molecule has 0 spiro atoms. The lowest BCUT2D eigenvalue weighted by Gasteiger charge is -2.41. The summed E-state index contributed by atoms with van der Waals surface area (Å²) in [6, 6.07) is 0. The zero-order chi connectivity index (χ0) is 9.10. The van der Waals surface area contributed by atoms with Gasteiger partial charge in [0.05, 0.1) is 0 Å². The Hall–Kier alpha value is -0.0400. The lowest BCUT2D eigenvalue weighted by molar-refractivity contribution is 0.0407. The van der Waals surface area contributed by atoms with Crippen LogP contribution < -0.4 is 0 Å². The first-order valence-corrected chi connectivity index (χ1v) is 5.90. The average molecular weight is 182 g/mol. The van der Waals surface area contributed by atoms with E-state index < -0.39 is 0 Å². The predicted octanol–water partition coefficient (Wildman–Crippen LogP) is 3.24. The summed E-state index contributed by atoms with van der Waals surface area (Å²) in [5, 5.41) is 0. The zero-order valence-electron chi connectivity index (χ0n) is 8.80. The smallest absolute Gasteiger partial charge is 0.0493 e. The molecule has 3 atom stereocenters. The van der Waals surface area contributed by atoms with Crippen molar-refractivity contribution in [2.24, 2.45) is 17.8 Å². The van der Waals surface area contributed by atoms with Gasteiger partial charge in [-0.2, -0.15) is 0 Å². The fourth-order valence-corrected chi connectivity index (χ4v) is 3.49. The molecule has 0 aromatic rings. The highest BCUT2D eigenvalue weighted by molar-refractivity contribution is 4.84. The van der Waals surface area contributed by atoms with Gasteiger partial charge in [0, 0.05) is 13.7 Å². The Labute approximate surface area is 81.9 Å². The molecule has 0 heterocycles. The Morgan fingerprint density at radius 1 is 1.00 bits per heavy atom. The van der Waals surface area contributed by atoms with E-state index in [1.807, 2.05) is 7.11 Å². The Kier molecular flexibility index (Phi) is 3.26. The van der Waals surface area contributed by atoms with Crippen LogP contribution in [0.15, 0.2) is 0 Å². The lowest BCUT2D eigenvalue weighted by Crippen LogP contribution is -2.33. The highest BCUT2D eigenvalue weighted by Gasteiger charge is 2.34. The van der Waals surface area contributed by atoms with Gasteiger partial charge in [-0.3, -0.25) is 0 Å². The molecule has 13 heavy (non-hydrogen) atoms. The highest BCUT2D eigenvalue weighted by Crippen LogP contribution is 2.43. The first kappa shape index (κ1) is 9.51. The Morgan fingerprint density at radius 3 is 2.62 bits per heavy atom. The molecule has 0 aromatic carbocycles. The predicted molar refractivity (Wildman–Crippen MR) is 54.7 cm³/mol. The molecular formula is C12H22O. The first-order valence-electron chi connectivity index (χ1n) is 5.90. The van der Waals surface area contributed by atoms with E-state index in [1.54, 1.807) is 0 Å². The monoisotopic (exact) mass is 182 g/mol. The molecule has 0 aromatic heterocycles. The summed E-state index contributed by atoms with van der Waals surface area (Å²) in [6.07, 6.45) is 10.3. The molecule has 0 amide bonds. The van der Waals surface area contributed by atoms with Crippen LogP contribution in [0.1, 0.15) is 44.9 Å². The molecule has 2 fully saturated rings. The third-order valence-electron chi connectivity index (χ3n) is 4.10. The quantitative estimate of drug-likeness (QED) is 0.637. The minimum absolute atomic E-state index is 0.893. The summed E-state index contributed by atoms with van der Waals surface area (Å²) in [6.45, 7) is 1.02. The van der Waals surface area contributed by atoms with Crippen molar-refractivity contribution in [3.8, 4) is 0 Å². The molecule has 0 aliphatic heterocycles. The molecule has 0 saturated heterocycles. The second-order valence-electron chi connectivity index (χ2n) is 4.85. The number of hydrogen-bond acceptors (Lipinski definition) is 1. The van der Waals surface area contributed by atoms with Gasteiger partial charge >= 0.3 is 0 Å². The molecule has 2 aliphatic carbocycles. The second kappa shape index (κ2) is 4.45. The maximum atomic E-state index is 5.33. The van der Waals surface area contributed by atoms with E-state index in [1.165, 1.54) is 44.9 Å². The van der Waals surface area contributed by atoms with Crippen LogP contribution >= 0.6 is 0 Å². The highest BCUT2D eigenvalue weighted by atomic mass is 16.5. The van der Waals surface area contributed by atoms with Crippen molar-refractivity contribution < 1.29 is 4.74 Å². The molecule has 2 saturated carbocycles. The van der Waals surface area contributed by atoms with Gasteiger partial charge in [0.2, 0.25) is 0 Å². The molecule has 0 bridgehead atoms. The van der Waals surface area contributed by atoms with Gasteiger partial charge in [-0.05, 0) is 30.6 Å². The number of methoxy groups -OCH3 is 1. The number of rotatable bonds is 2. The fraction of sp³-hybridized carbons (Fsp3) is 1.00. The summed E-state index contributed by atoms with van der Waals surface area (Å²) < 4.78 is 5.33. The third kappa shape index (κ3) is 2.07. The standard InChI is InChI=1S/C12H22O/c1-13-9-11-7-4-6-10-5-2-3-8-12(10)11/h10-12H,2-9H2,1H3. The molecule has 1 heteroatoms. The second-order valence-corrected chi connectivity index (χ2v) is 4.85. The topological polar surface area (TPSA) is 9.23 Å². The number of fused-ring (bicyclic) bond motifs is 1. The summed E-state index contributed by atoms with van der Waals surface area (Å²) in [4.78, 5) is 0. The van der Waals surface area contributed by atoms with Gasteiger partial charge in [-0.1, -0.05) is 32.1 Å². The van der Waals surface area contributed by atoms with Gasteiger partial charge in [0.1, 0.15) is 0 Å². The van der Waals surface area contributed by atoms with Crippen LogP contribution in [-0.4, -0.2) is 13.7 Å². The molecule has 2 rings (SSSR count). The van der Waals surface area contributed by atoms with E-state index in [2.05, 4.69) is 0 Å². The van der Waals surface area contributed by atoms with Crippen molar-refractivity contribution in [1.29, 1.82) is 0 Å². The van der Waals surface area contributed by atoms with Gasteiger partial charge in [0.15, 0.2) is 0 Å². The molecule has 76 valence electrons. The third-order valence-corrected chi connectivity index (χ3v) is 4.10. The number of hydrogen-bond donors (Lipinski definition) is 0. The first-order chi connectivity index (χ1) is 6.42. The van der Waals surface area contributed by atoms with E-state index in [9.17, 15) is 0 Å². The van der Waals surface area contributed by atoms with Crippen molar-refractivity contribution in [1.82, 2.24) is 0 Å². The fourth-order valence-electron chi connectivity index (χ4n) is 3.49. The van der Waals surface area contributed by atoms with Crippen LogP contribution in [0.4, 0.5) is 0 Å². The zero-order valence-corrected chi connectivity index (χ0v) is 8.80. The summed E-state index contributed by atoms with van der Waals surface area (Å²) in [7, 11) is 1.85. The molecule has 3 unspecified atom stereocenters. The van der Waals surface area contributed by atoms with Gasteiger partial charge in [-0.25, -0.2) is 0 Å². The van der Waals surface area contributed by atoms with Crippen LogP contribution in [0, 0.1) is 17.8 Å². The van der Waals surface area contributed by atoms with Crippen molar-refractivity contribution in [2.75, 3.05) is 13.7 Å². The van der Waals surface area contributed by atoms with E-state index >= 15 is 0 Å². The van der Waals surface area contributed by atoms with Crippen LogP contribution in [0.3, 0.4) is 0 Å². The molecule has 0 N–H and O–H groups in total. The molecular weight excluding hydrogens is 160 g/mol. The summed E-state index contributed by atoms with van der Waals surface area (Å²) in [5.41, 5.74) is 0. The van der Waals surface area contributed by atoms with Crippen molar-refractivity contribution in [3.63, 3.8) is 0 Å². The van der Waals surface area contributed by atoms with E-state index in [4.69, 9.17) is 4.74 Å². The Balaban J connectivity index is 1.94. The molecule has 0 radical (unpaired) electrons. The van der Waals surface area contributed by atoms with E-state index in [0.29, 0.717) is 0 Å². The van der Waals surface area contributed by atoms with E-state index in [-0.39, 0.29) is 0 Å². The Morgan fingerprint density at radius 2 is 1.77 bits per heavy atom. The van der Waals surface area contributed by atoms with Crippen LogP contribution in [0.25, 0.3) is 0 Å². The van der Waals surface area contributed by atoms with E-state index in [0.717, 1.165) is 24.4 Å². The average Bonchev–Trinajstić information content (AvgIpc) is 2.19. The summed E-state index contributed by atoms with van der Waals surface area (Å²) >= 11 is 0. The Bertz CT molecular complexity index is 151. The normalized spacial score (nSPS) is 39.9. The maximum absolute atomic E-state index is 5.33. The molecule has 2 aliphatic rings. The van der Waals surface area contributed by atoms with Crippen molar-refractivity contribution in [2.45, 2.75) is 44.9 Å². The van der Waals surface area contributed by atoms with Crippen molar-refractivity contribution >= 4 is 0 Å². The van der Waals surface area contributed by atoms with Gasteiger partial charge in [-0.15, -0.1) is 0 Å². The largest absolute Gasteiger partial charge is 0.384 e. The lowest BCUT2D eigenvalue weighted by atomic mass is 9.66. The van der Waals surface area contributed by atoms with Crippen molar-refractivity contribution in [3.05, 3.63) is 0 Å². The summed E-state index contributed by atoms with van der Waals surface area (Å²) in [5.74, 6) is 2.97. The SMILES string of the molecule is COCC1CCCC2CCCCC21.